The number of alkyl halides is 15. The van der Waals surface area contributed by atoms with Gasteiger partial charge in [0.05, 0.1) is 0 Å². The van der Waals surface area contributed by atoms with Crippen LogP contribution < -0.4 is 29.6 Å². The first-order valence-electron chi connectivity index (χ1n) is 4.43. The van der Waals surface area contributed by atoms with Crippen LogP contribution in [-0.2, 0) is 0 Å². The van der Waals surface area contributed by atoms with Gasteiger partial charge in [0.25, 0.3) is 0 Å². The van der Waals surface area contributed by atoms with Crippen LogP contribution in [0.25, 0.3) is 0 Å². The molecule has 0 atom stereocenters. The number of halogens is 15. The predicted octanol–water partition coefficient (Wildman–Crippen LogP) is 2.11. The first-order valence-corrected chi connectivity index (χ1v) is 4.43. The SMILES string of the molecule is FC(F)C(F)(F)C(F)(F)C(F)(F)C(F)(F)C(F)(F)C(F)(F)F.[H-].[Na+]. The third kappa shape index (κ3) is 3.37. The average Bonchev–Trinajstić information content (AvgIpc) is 2.25. The van der Waals surface area contributed by atoms with E-state index in [-0.39, 0.29) is 31.0 Å². The molecule has 0 aliphatic heterocycles. The van der Waals surface area contributed by atoms with E-state index >= 15 is 0 Å². The van der Waals surface area contributed by atoms with Crippen LogP contribution in [0.1, 0.15) is 1.43 Å². The summed E-state index contributed by atoms with van der Waals surface area (Å²) in [5.74, 6) is -39.5. The molecule has 0 heterocycles. The van der Waals surface area contributed by atoms with Gasteiger partial charge in [0, 0.05) is 0 Å². The summed E-state index contributed by atoms with van der Waals surface area (Å²) in [7, 11) is 0. The predicted molar refractivity (Wildman–Crippen MR) is 37.9 cm³/mol. The van der Waals surface area contributed by atoms with Crippen LogP contribution >= 0.6 is 0 Å². The zero-order valence-electron chi connectivity index (χ0n) is 11.2. The second-order valence-electron chi connectivity index (χ2n) is 3.72. The fourth-order valence-electron chi connectivity index (χ4n) is 0.919. The zero-order valence-corrected chi connectivity index (χ0v) is 12.2. The summed E-state index contributed by atoms with van der Waals surface area (Å²) in [5.41, 5.74) is 0. The van der Waals surface area contributed by atoms with Gasteiger partial charge in [-0.1, -0.05) is 0 Å². The quantitative estimate of drug-likeness (QED) is 0.495. The average molecular weight is 394 g/mol. The van der Waals surface area contributed by atoms with Gasteiger partial charge in [0.15, 0.2) is 0 Å². The maximum atomic E-state index is 12.6. The van der Waals surface area contributed by atoms with Crippen LogP contribution in [0, 0.1) is 0 Å². The molecule has 0 amide bonds. The van der Waals surface area contributed by atoms with Gasteiger partial charge in [0.1, 0.15) is 0 Å². The van der Waals surface area contributed by atoms with Crippen LogP contribution in [0.2, 0.25) is 0 Å². The van der Waals surface area contributed by atoms with Crippen molar-refractivity contribution < 1.29 is 96.8 Å². The molecule has 23 heavy (non-hydrogen) atoms. The van der Waals surface area contributed by atoms with Gasteiger partial charge in [-0.25, -0.2) is 8.78 Å². The molecule has 136 valence electrons. The van der Waals surface area contributed by atoms with Crippen molar-refractivity contribution in [2.75, 3.05) is 0 Å². The van der Waals surface area contributed by atoms with Crippen LogP contribution in [-0.4, -0.2) is 42.2 Å². The van der Waals surface area contributed by atoms with Crippen molar-refractivity contribution in [2.45, 2.75) is 42.2 Å². The summed E-state index contributed by atoms with van der Waals surface area (Å²) in [4.78, 5) is 0. The van der Waals surface area contributed by atoms with Crippen LogP contribution in [0.4, 0.5) is 65.9 Å². The summed E-state index contributed by atoms with van der Waals surface area (Å²) >= 11 is 0. The molecular formula is C7H2F15Na. The molecule has 16 heteroatoms. The molecule has 0 aromatic rings. The largest absolute Gasteiger partial charge is 1.00 e. The molecule has 0 saturated heterocycles. The van der Waals surface area contributed by atoms with E-state index in [0.29, 0.717) is 0 Å². The van der Waals surface area contributed by atoms with E-state index in [1.165, 1.54) is 0 Å². The Morgan fingerprint density at radius 2 is 0.739 bits per heavy atom. The summed E-state index contributed by atoms with van der Waals surface area (Å²) in [6, 6.07) is 0. The Bertz CT molecular complexity index is 413. The number of hydrogen-bond acceptors (Lipinski definition) is 0. The van der Waals surface area contributed by atoms with E-state index in [0.717, 1.165) is 0 Å². The van der Waals surface area contributed by atoms with Gasteiger partial charge in [-0.2, -0.15) is 57.1 Å². The summed E-state index contributed by atoms with van der Waals surface area (Å²) in [5, 5.41) is 0. The Kier molecular flexibility index (Phi) is 6.96. The molecule has 0 saturated carbocycles. The van der Waals surface area contributed by atoms with Crippen LogP contribution in [0.15, 0.2) is 0 Å². The summed E-state index contributed by atoms with van der Waals surface area (Å²) in [6.45, 7) is 0. The molecule has 0 unspecified atom stereocenters. The Labute approximate surface area is 139 Å². The van der Waals surface area contributed by atoms with Crippen molar-refractivity contribution in [3.8, 4) is 0 Å². The van der Waals surface area contributed by atoms with Gasteiger partial charge in [-0.15, -0.1) is 0 Å². The number of hydrogen-bond donors (Lipinski definition) is 0. The first kappa shape index (κ1) is 25.2. The maximum absolute atomic E-state index is 12.6. The minimum atomic E-state index is -8.17. The molecule has 0 N–H and O–H groups in total. The maximum Gasteiger partial charge on any atom is 1.00 e. The van der Waals surface area contributed by atoms with E-state index in [4.69, 9.17) is 0 Å². The third-order valence-corrected chi connectivity index (χ3v) is 2.23. The van der Waals surface area contributed by atoms with Gasteiger partial charge in [-0.3, -0.25) is 0 Å². The minimum Gasteiger partial charge on any atom is -1.00 e. The van der Waals surface area contributed by atoms with Gasteiger partial charge in [0.2, 0.25) is 0 Å². The molecule has 0 aromatic heterocycles. The molecule has 0 bridgehead atoms. The molecule has 0 nitrogen and oxygen atoms in total. The van der Waals surface area contributed by atoms with E-state index in [2.05, 4.69) is 0 Å². The van der Waals surface area contributed by atoms with Crippen LogP contribution in [0.5, 0.6) is 0 Å². The molecule has 0 radical (unpaired) electrons. The topological polar surface area (TPSA) is 0 Å². The standard InChI is InChI=1S/C7HF15.Na.H/c8-1(9)2(10,11)3(12,13)4(14,15)5(16,17)6(18,19)7(20,21)22;;/h1H;;/q;+1;-1. The Hall–Kier alpha value is -0.0500. The zero-order chi connectivity index (χ0) is 18.6. The fourth-order valence-corrected chi connectivity index (χ4v) is 0.919. The van der Waals surface area contributed by atoms with E-state index in [9.17, 15) is 65.9 Å². The Morgan fingerprint density at radius 1 is 0.478 bits per heavy atom. The second kappa shape index (κ2) is 6.35. The van der Waals surface area contributed by atoms with Gasteiger partial charge in [-0.05, 0) is 0 Å². The fraction of sp³-hybridized carbons (Fsp3) is 1.00. The monoisotopic (exact) mass is 394 g/mol. The molecule has 0 aliphatic carbocycles. The summed E-state index contributed by atoms with van der Waals surface area (Å²) in [6.07, 6.45) is -13.3. The van der Waals surface area contributed by atoms with Crippen molar-refractivity contribution in [3.63, 3.8) is 0 Å². The van der Waals surface area contributed by atoms with Crippen molar-refractivity contribution in [3.05, 3.63) is 0 Å². The summed E-state index contributed by atoms with van der Waals surface area (Å²) < 4.78 is 182. The second-order valence-corrected chi connectivity index (χ2v) is 3.72. The van der Waals surface area contributed by atoms with Crippen molar-refractivity contribution >= 4 is 0 Å². The Morgan fingerprint density at radius 3 is 0.957 bits per heavy atom. The van der Waals surface area contributed by atoms with Crippen molar-refractivity contribution in [1.82, 2.24) is 0 Å². The third-order valence-electron chi connectivity index (χ3n) is 2.23. The number of rotatable bonds is 5. The van der Waals surface area contributed by atoms with Gasteiger partial charge < -0.3 is 1.43 Å². The first-order chi connectivity index (χ1) is 9.19. The minimum absolute atomic E-state index is 0. The smallest absolute Gasteiger partial charge is 1.00 e. The molecule has 0 fully saturated rings. The van der Waals surface area contributed by atoms with Crippen molar-refractivity contribution in [1.29, 1.82) is 0 Å². The molecule has 0 rings (SSSR count). The Balaban J connectivity index is -0.00000220. The van der Waals surface area contributed by atoms with E-state index in [1.807, 2.05) is 0 Å². The molecule has 0 spiro atoms. The van der Waals surface area contributed by atoms with E-state index < -0.39 is 42.2 Å². The normalized spacial score (nSPS) is 15.7. The molecular weight excluding hydrogens is 392 g/mol. The molecule has 0 aliphatic rings. The van der Waals surface area contributed by atoms with Crippen molar-refractivity contribution in [2.24, 2.45) is 0 Å². The molecule has 0 aromatic carbocycles. The van der Waals surface area contributed by atoms with Crippen LogP contribution in [0.3, 0.4) is 0 Å². The van der Waals surface area contributed by atoms with Gasteiger partial charge >= 0.3 is 71.8 Å². The van der Waals surface area contributed by atoms with E-state index in [1.54, 1.807) is 0 Å².